The zero-order valence-corrected chi connectivity index (χ0v) is 16.7. The molecule has 1 heterocycles. The van der Waals surface area contributed by atoms with Gasteiger partial charge < -0.3 is 31.5 Å². The molecule has 0 saturated carbocycles. The fourth-order valence-corrected chi connectivity index (χ4v) is 3.82. The lowest BCUT2D eigenvalue weighted by atomic mass is 9.65. The van der Waals surface area contributed by atoms with Crippen LogP contribution >= 0.6 is 0 Å². The van der Waals surface area contributed by atoms with Crippen molar-refractivity contribution in [1.29, 1.82) is 0 Å². The van der Waals surface area contributed by atoms with E-state index in [4.69, 9.17) is 26.2 Å². The number of carbonyl (C=O) groups excluding carboxylic acids is 1. The van der Waals surface area contributed by atoms with E-state index in [2.05, 4.69) is 5.32 Å². The number of hydrogen-bond donors (Lipinski definition) is 6. The lowest BCUT2D eigenvalue weighted by Crippen LogP contribution is -2.49. The lowest BCUT2D eigenvalue weighted by Gasteiger charge is -2.37. The third-order valence-electron chi connectivity index (χ3n) is 5.32. The quantitative estimate of drug-likeness (QED) is 0.355. The van der Waals surface area contributed by atoms with E-state index in [1.165, 1.54) is 0 Å². The van der Waals surface area contributed by atoms with Gasteiger partial charge >= 0.3 is 11.9 Å². The fraction of sp³-hybridized carbons (Fsp3) is 0.318. The number of carboxylic acid groups (broad SMARTS) is 2. The van der Waals surface area contributed by atoms with Crippen molar-refractivity contribution in [3.63, 3.8) is 0 Å². The van der Waals surface area contributed by atoms with Gasteiger partial charge in [-0.05, 0) is 36.6 Å². The highest BCUT2D eigenvalue weighted by atomic mass is 16.4. The van der Waals surface area contributed by atoms with E-state index in [9.17, 15) is 14.4 Å². The molecule has 31 heavy (non-hydrogen) atoms. The maximum Gasteiger partial charge on any atom is 0.335 e. The summed E-state index contributed by atoms with van der Waals surface area (Å²) in [4.78, 5) is 32.1. The van der Waals surface area contributed by atoms with Gasteiger partial charge in [-0.1, -0.05) is 60.7 Å². The molecule has 3 atom stereocenters. The van der Waals surface area contributed by atoms with Gasteiger partial charge in [0.25, 0.3) is 0 Å². The molecule has 3 rings (SSSR count). The van der Waals surface area contributed by atoms with Crippen molar-refractivity contribution >= 4 is 17.8 Å². The number of rotatable bonds is 7. The summed E-state index contributed by atoms with van der Waals surface area (Å²) in [5, 5.41) is 35.9. The van der Waals surface area contributed by atoms with Gasteiger partial charge in [0, 0.05) is 0 Å². The molecule has 1 saturated heterocycles. The first-order chi connectivity index (χ1) is 14.7. The second kappa shape index (κ2) is 10.7. The molecule has 0 aliphatic carbocycles. The van der Waals surface area contributed by atoms with Gasteiger partial charge in [-0.3, -0.25) is 4.79 Å². The van der Waals surface area contributed by atoms with Crippen molar-refractivity contribution < 1.29 is 34.8 Å². The zero-order valence-electron chi connectivity index (χ0n) is 16.7. The Morgan fingerprint density at radius 1 is 0.871 bits per heavy atom. The molecule has 2 aromatic carbocycles. The third-order valence-corrected chi connectivity index (χ3v) is 5.32. The summed E-state index contributed by atoms with van der Waals surface area (Å²) in [7, 11) is 0. The highest BCUT2D eigenvalue weighted by Crippen LogP contribution is 2.41. The van der Waals surface area contributed by atoms with Crippen LogP contribution < -0.4 is 11.1 Å². The highest BCUT2D eigenvalue weighted by Gasteiger charge is 2.48. The van der Waals surface area contributed by atoms with Crippen LogP contribution in [0.2, 0.25) is 0 Å². The van der Waals surface area contributed by atoms with Crippen LogP contribution in [0.15, 0.2) is 60.7 Å². The van der Waals surface area contributed by atoms with Crippen molar-refractivity contribution in [1.82, 2.24) is 5.32 Å². The lowest BCUT2D eigenvalue weighted by molar-refractivity contribution is -0.165. The van der Waals surface area contributed by atoms with Crippen LogP contribution in [-0.4, -0.2) is 63.6 Å². The Kier molecular flexibility index (Phi) is 8.26. The molecule has 9 heteroatoms. The number of carbonyl (C=O) groups is 3. The summed E-state index contributed by atoms with van der Waals surface area (Å²) >= 11 is 0. The molecule has 0 radical (unpaired) electrons. The van der Waals surface area contributed by atoms with Gasteiger partial charge in [0.2, 0.25) is 5.91 Å². The smallest absolute Gasteiger partial charge is 0.335 e. The number of nitrogens with one attached hydrogen (secondary N) is 1. The average molecular weight is 430 g/mol. The zero-order chi connectivity index (χ0) is 23.0. The molecule has 0 bridgehead atoms. The Morgan fingerprint density at radius 3 is 1.58 bits per heavy atom. The van der Waals surface area contributed by atoms with Gasteiger partial charge in [0.15, 0.2) is 12.2 Å². The first kappa shape index (κ1) is 24.0. The van der Waals surface area contributed by atoms with Crippen molar-refractivity contribution in [3.8, 4) is 0 Å². The maximum absolute atomic E-state index is 12.6. The van der Waals surface area contributed by atoms with Crippen LogP contribution in [0.5, 0.6) is 0 Å². The molecule has 166 valence electrons. The monoisotopic (exact) mass is 430 g/mol. The molecule has 1 amide bonds. The number of carboxylic acids is 2. The molecule has 1 fully saturated rings. The number of nitrogens with two attached hydrogens (primary N) is 1. The summed E-state index contributed by atoms with van der Waals surface area (Å²) in [5.74, 6) is -3.63. The van der Waals surface area contributed by atoms with E-state index in [0.717, 1.165) is 30.6 Å². The molecule has 1 aliphatic rings. The van der Waals surface area contributed by atoms with Gasteiger partial charge in [-0.25, -0.2) is 9.59 Å². The maximum atomic E-state index is 12.6. The Bertz CT molecular complexity index is 826. The molecule has 0 spiro atoms. The van der Waals surface area contributed by atoms with Crippen molar-refractivity contribution in [3.05, 3.63) is 71.8 Å². The number of aliphatic hydroxyl groups is 2. The molecule has 7 N–H and O–H groups in total. The summed E-state index contributed by atoms with van der Waals surface area (Å²) < 4.78 is 0. The Hall–Kier alpha value is -3.27. The summed E-state index contributed by atoms with van der Waals surface area (Å²) in [6, 6.07) is 19.9. The molecule has 0 aromatic heterocycles. The minimum Gasteiger partial charge on any atom is -0.479 e. The minimum atomic E-state index is -2.27. The molecule has 1 aliphatic heterocycles. The molecular weight excluding hydrogens is 404 g/mol. The molecular formula is C22H26N2O7. The van der Waals surface area contributed by atoms with Gasteiger partial charge in [-0.2, -0.15) is 0 Å². The van der Waals surface area contributed by atoms with Gasteiger partial charge in [0.05, 0.1) is 0 Å². The fourth-order valence-electron chi connectivity index (χ4n) is 3.82. The number of primary amides is 1. The average Bonchev–Trinajstić information content (AvgIpc) is 3.30. The van der Waals surface area contributed by atoms with E-state index in [0.29, 0.717) is 0 Å². The SMILES string of the molecule is NC(=O)C(c1ccccc1)(c1ccccc1)C1CCNC1.O=C(O)C(O)[C@H](O)C(=O)O. The van der Waals surface area contributed by atoms with E-state index in [1.807, 2.05) is 60.7 Å². The predicted molar refractivity (Wildman–Crippen MR) is 111 cm³/mol. The van der Waals surface area contributed by atoms with Crippen molar-refractivity contribution in [2.45, 2.75) is 24.0 Å². The Labute approximate surface area is 179 Å². The number of amides is 1. The second-order valence-corrected chi connectivity index (χ2v) is 7.16. The number of hydrogen-bond acceptors (Lipinski definition) is 6. The van der Waals surface area contributed by atoms with Crippen molar-refractivity contribution in [2.24, 2.45) is 11.7 Å². The van der Waals surface area contributed by atoms with Crippen LogP contribution in [0, 0.1) is 5.92 Å². The Morgan fingerprint density at radius 2 is 1.29 bits per heavy atom. The summed E-state index contributed by atoms with van der Waals surface area (Å²) in [6.07, 6.45) is -3.58. The van der Waals surface area contributed by atoms with Crippen LogP contribution in [0.3, 0.4) is 0 Å². The van der Waals surface area contributed by atoms with Crippen LogP contribution in [0.25, 0.3) is 0 Å². The highest BCUT2D eigenvalue weighted by molar-refractivity contribution is 5.91. The summed E-state index contributed by atoms with van der Waals surface area (Å²) in [6.45, 7) is 1.74. The number of aliphatic carboxylic acids is 2. The van der Waals surface area contributed by atoms with E-state index in [-0.39, 0.29) is 11.8 Å². The van der Waals surface area contributed by atoms with Crippen LogP contribution in [-0.2, 0) is 19.8 Å². The minimum absolute atomic E-state index is 0.180. The summed E-state index contributed by atoms with van der Waals surface area (Å²) in [5.41, 5.74) is 7.16. The second-order valence-electron chi connectivity index (χ2n) is 7.16. The first-order valence-corrected chi connectivity index (χ1v) is 9.66. The topological polar surface area (TPSA) is 170 Å². The standard InChI is InChI=1S/C18H20N2O.C4H6O6/c19-17(21)18(16-11-12-20-13-16,14-7-3-1-4-8-14)15-9-5-2-6-10-15;5-1(3(7)8)2(6)4(9)10/h1-10,16,20H,11-13H2,(H2,19,21);1-2,5-6H,(H,7,8)(H,9,10)/t;1-,2?/m.0/s1. The first-order valence-electron chi connectivity index (χ1n) is 9.66. The van der Waals surface area contributed by atoms with Gasteiger partial charge in [-0.15, -0.1) is 0 Å². The van der Waals surface area contributed by atoms with Crippen LogP contribution in [0.1, 0.15) is 17.5 Å². The molecule has 2 unspecified atom stereocenters. The normalized spacial score (nSPS) is 17.7. The molecule has 2 aromatic rings. The number of aliphatic hydroxyl groups excluding tert-OH is 2. The largest absolute Gasteiger partial charge is 0.479 e. The predicted octanol–water partition coefficient (Wildman–Crippen LogP) is -0.0551. The molecule has 9 nitrogen and oxygen atoms in total. The third kappa shape index (κ3) is 5.26. The Balaban J connectivity index is 0.000000291. The van der Waals surface area contributed by atoms with E-state index >= 15 is 0 Å². The van der Waals surface area contributed by atoms with E-state index < -0.39 is 29.6 Å². The van der Waals surface area contributed by atoms with Crippen molar-refractivity contribution in [2.75, 3.05) is 13.1 Å². The van der Waals surface area contributed by atoms with Crippen LogP contribution in [0.4, 0.5) is 0 Å². The van der Waals surface area contributed by atoms with E-state index in [1.54, 1.807) is 0 Å². The van der Waals surface area contributed by atoms with Gasteiger partial charge in [0.1, 0.15) is 5.41 Å². The number of benzene rings is 2.